The number of rotatable bonds is 2. The SMILES string of the molecule is CC1COc2c(-c3cc(Cl)c4nccn4c3)c(F)cc3c(=O)c(C(=O)O)cn1c23. The maximum atomic E-state index is 15.2. The van der Waals surface area contributed by atoms with E-state index in [0.29, 0.717) is 21.7 Å². The summed E-state index contributed by atoms with van der Waals surface area (Å²) in [5.74, 6) is -1.88. The van der Waals surface area contributed by atoms with Gasteiger partial charge in [-0.3, -0.25) is 4.79 Å². The van der Waals surface area contributed by atoms with Gasteiger partial charge in [-0.1, -0.05) is 11.6 Å². The Bertz CT molecular complexity index is 1410. The van der Waals surface area contributed by atoms with E-state index in [0.717, 1.165) is 6.07 Å². The van der Waals surface area contributed by atoms with E-state index in [1.807, 2.05) is 6.92 Å². The van der Waals surface area contributed by atoms with E-state index in [1.54, 1.807) is 33.6 Å². The molecule has 1 unspecified atom stereocenters. The number of aromatic carboxylic acids is 1. The van der Waals surface area contributed by atoms with Crippen molar-refractivity contribution in [3.8, 4) is 16.9 Å². The number of halogens is 2. The minimum Gasteiger partial charge on any atom is -0.488 e. The van der Waals surface area contributed by atoms with Gasteiger partial charge in [0.1, 0.15) is 18.0 Å². The van der Waals surface area contributed by atoms with Gasteiger partial charge in [-0.15, -0.1) is 0 Å². The van der Waals surface area contributed by atoms with Crippen molar-refractivity contribution in [1.29, 1.82) is 0 Å². The highest BCUT2D eigenvalue weighted by molar-refractivity contribution is 6.33. The molecule has 0 amide bonds. The van der Waals surface area contributed by atoms with Gasteiger partial charge in [0.2, 0.25) is 5.43 Å². The number of pyridine rings is 2. The molecule has 0 fully saturated rings. The molecule has 9 heteroatoms. The van der Waals surface area contributed by atoms with Crippen molar-refractivity contribution < 1.29 is 19.0 Å². The van der Waals surface area contributed by atoms with E-state index in [4.69, 9.17) is 16.3 Å². The van der Waals surface area contributed by atoms with Gasteiger partial charge in [0.05, 0.1) is 27.5 Å². The maximum absolute atomic E-state index is 15.2. The first-order chi connectivity index (χ1) is 13.9. The Morgan fingerprint density at radius 1 is 1.38 bits per heavy atom. The van der Waals surface area contributed by atoms with Gasteiger partial charge in [0.25, 0.3) is 0 Å². The highest BCUT2D eigenvalue weighted by Crippen LogP contribution is 2.42. The molecule has 0 aliphatic carbocycles. The van der Waals surface area contributed by atoms with Crippen LogP contribution in [0.4, 0.5) is 4.39 Å². The number of nitrogens with zero attached hydrogens (tertiary/aromatic N) is 3. The number of benzene rings is 1. The summed E-state index contributed by atoms with van der Waals surface area (Å²) in [5.41, 5.74) is 0.326. The molecule has 1 N–H and O–H groups in total. The number of aromatic nitrogens is 3. The highest BCUT2D eigenvalue weighted by Gasteiger charge is 2.28. The smallest absolute Gasteiger partial charge is 0.341 e. The number of ether oxygens (including phenoxy) is 1. The molecule has 0 spiro atoms. The third-order valence-electron chi connectivity index (χ3n) is 5.13. The zero-order valence-electron chi connectivity index (χ0n) is 15.0. The first-order valence-corrected chi connectivity index (χ1v) is 9.14. The van der Waals surface area contributed by atoms with Crippen molar-refractivity contribution >= 4 is 34.1 Å². The van der Waals surface area contributed by atoms with E-state index in [1.165, 1.54) is 6.20 Å². The zero-order chi connectivity index (χ0) is 20.4. The van der Waals surface area contributed by atoms with Crippen LogP contribution in [0, 0.1) is 5.82 Å². The quantitative estimate of drug-likeness (QED) is 0.540. The van der Waals surface area contributed by atoms with Gasteiger partial charge in [-0.2, -0.15) is 0 Å². The summed E-state index contributed by atoms with van der Waals surface area (Å²) in [6.45, 7) is 2.03. The number of carboxylic acids is 1. The summed E-state index contributed by atoms with van der Waals surface area (Å²) >= 11 is 6.30. The van der Waals surface area contributed by atoms with Crippen molar-refractivity contribution in [2.75, 3.05) is 6.61 Å². The van der Waals surface area contributed by atoms with Crippen LogP contribution in [0.3, 0.4) is 0 Å². The Balaban J connectivity index is 1.91. The fraction of sp³-hybridized carbons (Fsp3) is 0.150. The number of carboxylic acid groups (broad SMARTS) is 1. The molecule has 4 heterocycles. The van der Waals surface area contributed by atoms with Crippen LogP contribution >= 0.6 is 11.6 Å². The number of hydrogen-bond acceptors (Lipinski definition) is 4. The van der Waals surface area contributed by atoms with Crippen molar-refractivity contribution in [1.82, 2.24) is 14.0 Å². The highest BCUT2D eigenvalue weighted by atomic mass is 35.5. The fourth-order valence-electron chi connectivity index (χ4n) is 3.77. The lowest BCUT2D eigenvalue weighted by atomic mass is 9.99. The molecule has 1 aliphatic heterocycles. The molecule has 0 saturated carbocycles. The Hall–Kier alpha value is -3.39. The molecule has 0 saturated heterocycles. The third kappa shape index (κ3) is 2.45. The van der Waals surface area contributed by atoms with Crippen LogP contribution in [0.2, 0.25) is 5.02 Å². The predicted octanol–water partition coefficient (Wildman–Crippen LogP) is 3.76. The molecule has 1 atom stereocenters. The molecule has 0 bridgehead atoms. The largest absolute Gasteiger partial charge is 0.488 e. The lowest BCUT2D eigenvalue weighted by Crippen LogP contribution is -2.27. The van der Waals surface area contributed by atoms with Gasteiger partial charge >= 0.3 is 5.97 Å². The van der Waals surface area contributed by atoms with E-state index in [-0.39, 0.29) is 29.3 Å². The number of fused-ring (bicyclic) bond motifs is 1. The molecule has 5 rings (SSSR count). The molecule has 3 aromatic heterocycles. The van der Waals surface area contributed by atoms with Gasteiger partial charge in [0, 0.05) is 30.4 Å². The lowest BCUT2D eigenvalue weighted by molar-refractivity contribution is 0.0694. The van der Waals surface area contributed by atoms with E-state index < -0.39 is 22.8 Å². The molecule has 1 aliphatic rings. The number of hydrogen-bond donors (Lipinski definition) is 1. The Labute approximate surface area is 167 Å². The maximum Gasteiger partial charge on any atom is 0.341 e. The molecule has 7 nitrogen and oxygen atoms in total. The van der Waals surface area contributed by atoms with Crippen molar-refractivity contribution in [3.05, 3.63) is 63.5 Å². The summed E-state index contributed by atoms with van der Waals surface area (Å²) in [6, 6.07) is 2.41. The summed E-state index contributed by atoms with van der Waals surface area (Å²) in [7, 11) is 0. The Morgan fingerprint density at radius 3 is 2.93 bits per heavy atom. The van der Waals surface area contributed by atoms with Crippen molar-refractivity contribution in [3.63, 3.8) is 0 Å². The van der Waals surface area contributed by atoms with Crippen LogP contribution < -0.4 is 10.2 Å². The first-order valence-electron chi connectivity index (χ1n) is 8.77. The van der Waals surface area contributed by atoms with Crippen LogP contribution in [0.25, 0.3) is 27.7 Å². The van der Waals surface area contributed by atoms with Crippen molar-refractivity contribution in [2.24, 2.45) is 0 Å². The first kappa shape index (κ1) is 17.7. The normalized spacial score (nSPS) is 15.6. The van der Waals surface area contributed by atoms with Gasteiger partial charge in [0.15, 0.2) is 11.4 Å². The van der Waals surface area contributed by atoms with Crippen LogP contribution in [-0.2, 0) is 0 Å². The second-order valence-corrected chi connectivity index (χ2v) is 7.35. The summed E-state index contributed by atoms with van der Waals surface area (Å²) in [5, 5.41) is 9.67. The molecule has 1 aromatic carbocycles. The standard InChI is InChI=1S/C20H13ClFN3O4/c1-9-8-29-18-15(10-4-13(21)19-23-2-3-24(19)6-10)14(22)5-11-16(18)25(9)7-12(17(11)26)20(27)28/h2-7,9H,8H2,1H3,(H,27,28). The van der Waals surface area contributed by atoms with E-state index in [9.17, 15) is 14.7 Å². The van der Waals surface area contributed by atoms with Crippen LogP contribution in [0.15, 0.2) is 41.7 Å². The van der Waals surface area contributed by atoms with E-state index >= 15 is 4.39 Å². The van der Waals surface area contributed by atoms with Crippen LogP contribution in [0.1, 0.15) is 23.3 Å². The number of imidazole rings is 1. The van der Waals surface area contributed by atoms with Gasteiger partial charge < -0.3 is 18.8 Å². The summed E-state index contributed by atoms with van der Waals surface area (Å²) in [4.78, 5) is 28.3. The average Bonchev–Trinajstić information content (AvgIpc) is 3.15. The van der Waals surface area contributed by atoms with E-state index in [2.05, 4.69) is 4.98 Å². The lowest BCUT2D eigenvalue weighted by Gasteiger charge is -2.28. The molecule has 29 heavy (non-hydrogen) atoms. The predicted molar refractivity (Wildman–Crippen MR) is 105 cm³/mol. The molecule has 146 valence electrons. The Morgan fingerprint density at radius 2 is 2.17 bits per heavy atom. The topological polar surface area (TPSA) is 85.8 Å². The second kappa shape index (κ2) is 6.05. The van der Waals surface area contributed by atoms with Crippen LogP contribution in [0.5, 0.6) is 5.75 Å². The minimum absolute atomic E-state index is 0.0393. The summed E-state index contributed by atoms with van der Waals surface area (Å²) in [6.07, 6.45) is 6.23. The third-order valence-corrected chi connectivity index (χ3v) is 5.41. The monoisotopic (exact) mass is 413 g/mol. The van der Waals surface area contributed by atoms with Gasteiger partial charge in [-0.25, -0.2) is 14.2 Å². The number of carbonyl (C=O) groups is 1. The average molecular weight is 414 g/mol. The Kier molecular flexibility index (Phi) is 3.69. The van der Waals surface area contributed by atoms with Crippen LogP contribution in [-0.4, -0.2) is 31.6 Å². The van der Waals surface area contributed by atoms with Gasteiger partial charge in [-0.05, 0) is 19.1 Å². The fourth-order valence-corrected chi connectivity index (χ4v) is 4.04. The zero-order valence-corrected chi connectivity index (χ0v) is 15.8. The summed E-state index contributed by atoms with van der Waals surface area (Å²) < 4.78 is 24.4. The molecular formula is C20H13ClFN3O4. The van der Waals surface area contributed by atoms with Crippen molar-refractivity contribution in [2.45, 2.75) is 13.0 Å². The minimum atomic E-state index is -1.36. The molecular weight excluding hydrogens is 401 g/mol. The molecule has 0 radical (unpaired) electrons. The molecule has 4 aromatic rings. The second-order valence-electron chi connectivity index (χ2n) is 6.94.